The van der Waals surface area contributed by atoms with Crippen molar-refractivity contribution in [3.63, 3.8) is 0 Å². The van der Waals surface area contributed by atoms with Gasteiger partial charge in [-0.2, -0.15) is 5.26 Å². The van der Waals surface area contributed by atoms with Crippen molar-refractivity contribution in [3.8, 4) is 28.8 Å². The number of hydrogen-bond acceptors (Lipinski definition) is 7. The lowest BCUT2D eigenvalue weighted by Gasteiger charge is -2.19. The standard InChI is InChI=1S/C29H34N6O4/c1-29(2,3)39-28(37)31-17-22-13-21(22)15-27(36)32-23(16-30)12-19-8-10-24(11-9-19)35-18-26(33-34-35)20-6-5-7-25(14-20)38-4/h5-11,14,18,21-23H,12-13,15,17H2,1-4H3,(H,31,37)(H,32,36)/t21-,22?,23?/m1/s1. The third kappa shape index (κ3) is 8.04. The molecular weight excluding hydrogens is 496 g/mol. The molecule has 0 saturated heterocycles. The minimum atomic E-state index is -0.633. The van der Waals surface area contributed by atoms with Gasteiger partial charge in [-0.05, 0) is 68.9 Å². The highest BCUT2D eigenvalue weighted by Gasteiger charge is 2.39. The third-order valence-corrected chi connectivity index (χ3v) is 6.41. The van der Waals surface area contributed by atoms with E-state index in [1.54, 1.807) is 11.8 Å². The summed E-state index contributed by atoms with van der Waals surface area (Å²) in [5.41, 5.74) is 2.84. The van der Waals surface area contributed by atoms with Gasteiger partial charge in [0.15, 0.2) is 0 Å². The predicted octanol–water partition coefficient (Wildman–Crippen LogP) is 4.04. The van der Waals surface area contributed by atoms with E-state index in [1.165, 1.54) is 0 Å². The van der Waals surface area contributed by atoms with E-state index in [2.05, 4.69) is 27.0 Å². The maximum Gasteiger partial charge on any atom is 0.407 e. The number of ether oxygens (including phenoxy) is 2. The lowest BCUT2D eigenvalue weighted by atomic mass is 10.1. The molecule has 1 aliphatic rings. The zero-order valence-corrected chi connectivity index (χ0v) is 22.7. The zero-order chi connectivity index (χ0) is 28.0. The van der Waals surface area contributed by atoms with Gasteiger partial charge in [-0.15, -0.1) is 5.10 Å². The summed E-state index contributed by atoms with van der Waals surface area (Å²) >= 11 is 0. The van der Waals surface area contributed by atoms with E-state index in [0.717, 1.165) is 34.7 Å². The summed E-state index contributed by atoms with van der Waals surface area (Å²) in [4.78, 5) is 24.3. The second kappa shape index (κ2) is 12.0. The van der Waals surface area contributed by atoms with Crippen LogP contribution in [0.3, 0.4) is 0 Å². The fourth-order valence-electron chi connectivity index (χ4n) is 4.28. The molecule has 10 heteroatoms. The number of carbonyl (C=O) groups is 2. The number of benzene rings is 2. The maximum absolute atomic E-state index is 12.5. The van der Waals surface area contributed by atoms with Gasteiger partial charge in [0.05, 0.1) is 25.1 Å². The molecule has 0 spiro atoms. The number of alkyl carbamates (subject to hydrolysis) is 1. The lowest BCUT2D eigenvalue weighted by Crippen LogP contribution is -2.36. The van der Waals surface area contributed by atoms with Gasteiger partial charge in [-0.3, -0.25) is 4.79 Å². The number of amides is 2. The van der Waals surface area contributed by atoms with Crippen molar-refractivity contribution in [3.05, 3.63) is 60.3 Å². The molecule has 1 aliphatic carbocycles. The Balaban J connectivity index is 1.24. The van der Waals surface area contributed by atoms with Gasteiger partial charge in [0.2, 0.25) is 5.91 Å². The van der Waals surface area contributed by atoms with Crippen molar-refractivity contribution in [1.29, 1.82) is 5.26 Å². The van der Waals surface area contributed by atoms with E-state index in [1.807, 2.05) is 75.5 Å². The molecule has 3 aromatic rings. The molecule has 1 heterocycles. The van der Waals surface area contributed by atoms with Gasteiger partial charge in [-0.1, -0.05) is 29.5 Å². The summed E-state index contributed by atoms with van der Waals surface area (Å²) < 4.78 is 12.2. The molecule has 1 fully saturated rings. The van der Waals surface area contributed by atoms with Crippen LogP contribution in [0.25, 0.3) is 16.9 Å². The van der Waals surface area contributed by atoms with Crippen LogP contribution in [0.15, 0.2) is 54.7 Å². The molecule has 1 saturated carbocycles. The summed E-state index contributed by atoms with van der Waals surface area (Å²) in [7, 11) is 1.62. The number of nitrogens with zero attached hydrogens (tertiary/aromatic N) is 4. The monoisotopic (exact) mass is 530 g/mol. The first-order valence-corrected chi connectivity index (χ1v) is 13.0. The molecule has 2 N–H and O–H groups in total. The fraction of sp³-hybridized carbons (Fsp3) is 0.414. The number of carbonyl (C=O) groups excluding carboxylic acids is 2. The molecule has 204 valence electrons. The Morgan fingerprint density at radius 2 is 1.95 bits per heavy atom. The molecule has 2 unspecified atom stereocenters. The molecule has 2 amide bonds. The first-order chi connectivity index (χ1) is 18.6. The second-order valence-corrected chi connectivity index (χ2v) is 10.7. The molecule has 10 nitrogen and oxygen atoms in total. The Kier molecular flexibility index (Phi) is 8.49. The van der Waals surface area contributed by atoms with Gasteiger partial charge in [0.25, 0.3) is 0 Å². The SMILES string of the molecule is COc1cccc(-c2cn(-c3ccc(CC(C#N)NC(=O)C[C@H]4CC4CNC(=O)OC(C)(C)C)cc3)nn2)c1. The molecule has 1 aromatic heterocycles. The topological polar surface area (TPSA) is 131 Å². The molecule has 39 heavy (non-hydrogen) atoms. The number of nitrogens with one attached hydrogen (secondary N) is 2. The van der Waals surface area contributed by atoms with Crippen LogP contribution in [-0.2, 0) is 16.0 Å². The van der Waals surface area contributed by atoms with Crippen molar-refractivity contribution in [2.45, 2.75) is 51.7 Å². The molecule has 0 aliphatic heterocycles. The first-order valence-electron chi connectivity index (χ1n) is 13.0. The van der Waals surface area contributed by atoms with E-state index in [9.17, 15) is 14.9 Å². The summed E-state index contributed by atoms with van der Waals surface area (Å²) in [5, 5.41) is 23.7. The Morgan fingerprint density at radius 3 is 2.64 bits per heavy atom. The molecule has 0 radical (unpaired) electrons. The van der Waals surface area contributed by atoms with Gasteiger partial charge in [0.1, 0.15) is 23.1 Å². The van der Waals surface area contributed by atoms with Crippen LogP contribution in [-0.4, -0.2) is 52.3 Å². The van der Waals surface area contributed by atoms with Crippen molar-refractivity contribution in [1.82, 2.24) is 25.6 Å². The Hall–Kier alpha value is -4.39. The minimum Gasteiger partial charge on any atom is -0.497 e. The number of aromatic nitrogens is 3. The highest BCUT2D eigenvalue weighted by atomic mass is 16.6. The summed E-state index contributed by atoms with van der Waals surface area (Å²) in [6.07, 6.45) is 2.98. The summed E-state index contributed by atoms with van der Waals surface area (Å²) in [5.74, 6) is 1.04. The fourth-order valence-corrected chi connectivity index (χ4v) is 4.28. The van der Waals surface area contributed by atoms with Crippen LogP contribution in [0, 0.1) is 23.2 Å². The lowest BCUT2D eigenvalue weighted by molar-refractivity contribution is -0.121. The summed E-state index contributed by atoms with van der Waals surface area (Å²) in [6, 6.07) is 16.8. The van der Waals surface area contributed by atoms with E-state index in [0.29, 0.717) is 19.4 Å². The van der Waals surface area contributed by atoms with Gasteiger partial charge >= 0.3 is 6.09 Å². The number of nitriles is 1. The normalized spacial score (nSPS) is 17.0. The Bertz CT molecular complexity index is 1340. The smallest absolute Gasteiger partial charge is 0.407 e. The van der Waals surface area contributed by atoms with Crippen LogP contribution < -0.4 is 15.4 Å². The van der Waals surface area contributed by atoms with E-state index < -0.39 is 17.7 Å². The largest absolute Gasteiger partial charge is 0.497 e. The highest BCUT2D eigenvalue weighted by Crippen LogP contribution is 2.40. The van der Waals surface area contributed by atoms with Crippen LogP contribution >= 0.6 is 0 Å². The second-order valence-electron chi connectivity index (χ2n) is 10.7. The third-order valence-electron chi connectivity index (χ3n) is 6.41. The number of rotatable bonds is 10. The minimum absolute atomic E-state index is 0.157. The molecule has 4 rings (SSSR count). The van der Waals surface area contributed by atoms with Gasteiger partial charge in [0, 0.05) is 24.9 Å². The van der Waals surface area contributed by atoms with Gasteiger partial charge < -0.3 is 20.1 Å². The average molecular weight is 531 g/mol. The quantitative estimate of drug-likeness (QED) is 0.404. The van der Waals surface area contributed by atoms with Crippen molar-refractivity contribution in [2.24, 2.45) is 11.8 Å². The Labute approximate surface area is 228 Å². The van der Waals surface area contributed by atoms with Gasteiger partial charge in [-0.25, -0.2) is 9.48 Å². The molecule has 0 bridgehead atoms. The van der Waals surface area contributed by atoms with E-state index >= 15 is 0 Å². The molecule has 3 atom stereocenters. The molecular formula is C29H34N6O4. The van der Waals surface area contributed by atoms with Crippen molar-refractivity contribution >= 4 is 12.0 Å². The van der Waals surface area contributed by atoms with Crippen LogP contribution in [0.2, 0.25) is 0 Å². The number of hydrogen-bond donors (Lipinski definition) is 2. The summed E-state index contributed by atoms with van der Waals surface area (Å²) in [6.45, 7) is 5.92. The zero-order valence-electron chi connectivity index (χ0n) is 22.7. The van der Waals surface area contributed by atoms with Crippen LogP contribution in [0.5, 0.6) is 5.75 Å². The van der Waals surface area contributed by atoms with Crippen LogP contribution in [0.1, 0.15) is 39.2 Å². The first kappa shape index (κ1) is 27.6. The molecule has 2 aromatic carbocycles. The van der Waals surface area contributed by atoms with E-state index in [-0.39, 0.29) is 17.7 Å². The van der Waals surface area contributed by atoms with E-state index in [4.69, 9.17) is 9.47 Å². The predicted molar refractivity (Wildman–Crippen MR) is 145 cm³/mol. The van der Waals surface area contributed by atoms with Crippen molar-refractivity contribution < 1.29 is 19.1 Å². The van der Waals surface area contributed by atoms with Crippen LogP contribution in [0.4, 0.5) is 4.79 Å². The maximum atomic E-state index is 12.5. The number of methoxy groups -OCH3 is 1. The van der Waals surface area contributed by atoms with Crippen molar-refractivity contribution in [2.75, 3.05) is 13.7 Å². The average Bonchev–Trinajstić information content (AvgIpc) is 3.44. The highest BCUT2D eigenvalue weighted by molar-refractivity contribution is 5.77. The Morgan fingerprint density at radius 1 is 1.18 bits per heavy atom.